The summed E-state index contributed by atoms with van der Waals surface area (Å²) < 4.78 is 1.13. The third-order valence-corrected chi connectivity index (χ3v) is 5.18. The van der Waals surface area contributed by atoms with Crippen molar-refractivity contribution in [3.63, 3.8) is 0 Å². The zero-order chi connectivity index (χ0) is 13.8. The molecule has 1 atom stereocenters. The lowest BCUT2D eigenvalue weighted by Gasteiger charge is -2.34. The molecule has 0 saturated heterocycles. The van der Waals surface area contributed by atoms with Crippen LogP contribution in [0.4, 0.5) is 0 Å². The molecule has 1 nitrogen and oxygen atoms in total. The van der Waals surface area contributed by atoms with Crippen LogP contribution in [0.5, 0.6) is 0 Å². The highest BCUT2D eigenvalue weighted by Crippen LogP contribution is 2.39. The maximum absolute atomic E-state index is 6.05. The Morgan fingerprint density at radius 3 is 2.58 bits per heavy atom. The van der Waals surface area contributed by atoms with Gasteiger partial charge in [0, 0.05) is 15.5 Å². The molecule has 1 saturated carbocycles. The lowest BCUT2D eigenvalue weighted by atomic mass is 9.77. The molecule has 0 bridgehead atoms. The summed E-state index contributed by atoms with van der Waals surface area (Å²) in [5.41, 5.74) is 1.35. The Morgan fingerprint density at radius 1 is 1.32 bits per heavy atom. The molecular formula is C16H23BrClN. The summed E-state index contributed by atoms with van der Waals surface area (Å²) in [4.78, 5) is 0. The molecule has 0 amide bonds. The van der Waals surface area contributed by atoms with Gasteiger partial charge < -0.3 is 5.32 Å². The topological polar surface area (TPSA) is 12.0 Å². The third kappa shape index (κ3) is 3.96. The standard InChI is InChI=1S/C16H23BrClN/c1-3-19-16(12-6-4-11(2)5-7-12)14-9-8-13(18)10-15(14)17/h8-12,16,19H,3-7H2,1-2H3. The first-order chi connectivity index (χ1) is 9.11. The van der Waals surface area contributed by atoms with Gasteiger partial charge in [-0.1, -0.05) is 60.3 Å². The molecule has 1 N–H and O–H groups in total. The second-order valence-corrected chi connectivity index (χ2v) is 7.01. The molecule has 106 valence electrons. The van der Waals surface area contributed by atoms with Crippen molar-refractivity contribution in [1.82, 2.24) is 5.32 Å². The van der Waals surface area contributed by atoms with Crippen LogP contribution >= 0.6 is 27.5 Å². The van der Waals surface area contributed by atoms with Gasteiger partial charge in [-0.2, -0.15) is 0 Å². The molecule has 1 aliphatic carbocycles. The second kappa shape index (κ2) is 7.10. The third-order valence-electron chi connectivity index (χ3n) is 4.25. The van der Waals surface area contributed by atoms with E-state index in [-0.39, 0.29) is 0 Å². The van der Waals surface area contributed by atoms with Gasteiger partial charge in [0.05, 0.1) is 0 Å². The Labute approximate surface area is 130 Å². The van der Waals surface area contributed by atoms with E-state index in [0.29, 0.717) is 6.04 Å². The fourth-order valence-electron chi connectivity index (χ4n) is 3.12. The average molecular weight is 345 g/mol. The minimum Gasteiger partial charge on any atom is -0.310 e. The van der Waals surface area contributed by atoms with E-state index in [4.69, 9.17) is 11.6 Å². The monoisotopic (exact) mass is 343 g/mol. The fraction of sp³-hybridized carbons (Fsp3) is 0.625. The summed E-state index contributed by atoms with van der Waals surface area (Å²) in [6.45, 7) is 5.56. The lowest BCUT2D eigenvalue weighted by molar-refractivity contribution is 0.233. The van der Waals surface area contributed by atoms with Crippen LogP contribution in [0.15, 0.2) is 22.7 Å². The predicted molar refractivity (Wildman–Crippen MR) is 86.7 cm³/mol. The summed E-state index contributed by atoms with van der Waals surface area (Å²) in [6, 6.07) is 6.62. The largest absolute Gasteiger partial charge is 0.310 e. The van der Waals surface area contributed by atoms with Crippen LogP contribution < -0.4 is 5.32 Å². The van der Waals surface area contributed by atoms with Gasteiger partial charge in [-0.15, -0.1) is 0 Å². The quantitative estimate of drug-likeness (QED) is 0.752. The minimum atomic E-state index is 0.448. The van der Waals surface area contributed by atoms with Crippen molar-refractivity contribution >= 4 is 27.5 Å². The maximum Gasteiger partial charge on any atom is 0.0417 e. The first-order valence-corrected chi connectivity index (χ1v) is 8.47. The highest BCUT2D eigenvalue weighted by atomic mass is 79.9. The van der Waals surface area contributed by atoms with E-state index in [9.17, 15) is 0 Å². The van der Waals surface area contributed by atoms with E-state index >= 15 is 0 Å². The van der Waals surface area contributed by atoms with E-state index < -0.39 is 0 Å². The van der Waals surface area contributed by atoms with Crippen LogP contribution in [0, 0.1) is 11.8 Å². The van der Waals surface area contributed by atoms with Crippen LogP contribution in [-0.4, -0.2) is 6.54 Å². The summed E-state index contributed by atoms with van der Waals surface area (Å²) in [5, 5.41) is 4.47. The second-order valence-electron chi connectivity index (χ2n) is 5.72. The molecule has 0 radical (unpaired) electrons. The summed E-state index contributed by atoms with van der Waals surface area (Å²) >= 11 is 9.72. The summed E-state index contributed by atoms with van der Waals surface area (Å²) in [7, 11) is 0. The van der Waals surface area contributed by atoms with Crippen LogP contribution in [0.25, 0.3) is 0 Å². The Hall–Kier alpha value is -0.0500. The normalized spacial score (nSPS) is 25.3. The van der Waals surface area contributed by atoms with Gasteiger partial charge in [-0.25, -0.2) is 0 Å². The first kappa shape index (κ1) is 15.3. The Bertz CT molecular complexity index is 413. The van der Waals surface area contributed by atoms with E-state index in [1.54, 1.807) is 0 Å². The highest BCUT2D eigenvalue weighted by Gasteiger charge is 2.27. The van der Waals surface area contributed by atoms with Crippen molar-refractivity contribution < 1.29 is 0 Å². The molecular weight excluding hydrogens is 322 g/mol. The number of rotatable bonds is 4. The van der Waals surface area contributed by atoms with Crippen molar-refractivity contribution in [2.75, 3.05) is 6.54 Å². The van der Waals surface area contributed by atoms with Crippen molar-refractivity contribution in [3.05, 3.63) is 33.3 Å². The lowest BCUT2D eigenvalue weighted by Crippen LogP contribution is -2.31. The molecule has 0 aromatic heterocycles. The smallest absolute Gasteiger partial charge is 0.0417 e. The zero-order valence-corrected chi connectivity index (χ0v) is 14.1. The van der Waals surface area contributed by atoms with Crippen molar-refractivity contribution in [2.24, 2.45) is 11.8 Å². The molecule has 1 fully saturated rings. The predicted octanol–water partition coefficient (Wildman–Crippen LogP) is 5.58. The molecule has 1 aromatic carbocycles. The summed E-state index contributed by atoms with van der Waals surface area (Å²) in [6.07, 6.45) is 5.37. The number of halogens is 2. The van der Waals surface area contributed by atoms with Gasteiger partial charge in [0.25, 0.3) is 0 Å². The van der Waals surface area contributed by atoms with Crippen molar-refractivity contribution in [3.8, 4) is 0 Å². The van der Waals surface area contributed by atoms with Crippen LogP contribution in [0.3, 0.4) is 0 Å². The fourth-order valence-corrected chi connectivity index (χ4v) is 4.05. The molecule has 0 aliphatic heterocycles. The molecule has 19 heavy (non-hydrogen) atoms. The molecule has 3 heteroatoms. The van der Waals surface area contributed by atoms with Gasteiger partial charge in [0.15, 0.2) is 0 Å². The number of hydrogen-bond donors (Lipinski definition) is 1. The van der Waals surface area contributed by atoms with Gasteiger partial charge in [-0.3, -0.25) is 0 Å². The molecule has 2 rings (SSSR count). The number of benzene rings is 1. The SMILES string of the molecule is CCNC(c1ccc(Cl)cc1Br)C1CCC(C)CC1. The zero-order valence-electron chi connectivity index (χ0n) is 11.8. The van der Waals surface area contributed by atoms with Crippen molar-refractivity contribution in [2.45, 2.75) is 45.6 Å². The molecule has 0 heterocycles. The number of nitrogens with one attached hydrogen (secondary N) is 1. The molecule has 0 spiro atoms. The maximum atomic E-state index is 6.05. The van der Waals surface area contributed by atoms with Gasteiger partial charge >= 0.3 is 0 Å². The average Bonchev–Trinajstić information content (AvgIpc) is 2.38. The van der Waals surface area contributed by atoms with Gasteiger partial charge in [-0.05, 0) is 48.9 Å². The van der Waals surface area contributed by atoms with E-state index in [0.717, 1.165) is 27.9 Å². The van der Waals surface area contributed by atoms with Gasteiger partial charge in [0.1, 0.15) is 0 Å². The van der Waals surface area contributed by atoms with Crippen LogP contribution in [0.2, 0.25) is 5.02 Å². The molecule has 1 aliphatic rings. The van der Waals surface area contributed by atoms with E-state index in [1.807, 2.05) is 12.1 Å². The van der Waals surface area contributed by atoms with E-state index in [1.165, 1.54) is 31.2 Å². The molecule has 1 unspecified atom stereocenters. The van der Waals surface area contributed by atoms with Crippen LogP contribution in [0.1, 0.15) is 51.1 Å². The van der Waals surface area contributed by atoms with Crippen molar-refractivity contribution in [1.29, 1.82) is 0 Å². The Morgan fingerprint density at radius 2 is 2.00 bits per heavy atom. The van der Waals surface area contributed by atoms with Gasteiger partial charge in [0.2, 0.25) is 0 Å². The highest BCUT2D eigenvalue weighted by molar-refractivity contribution is 9.10. The first-order valence-electron chi connectivity index (χ1n) is 7.30. The summed E-state index contributed by atoms with van der Waals surface area (Å²) in [5.74, 6) is 1.64. The Balaban J connectivity index is 2.19. The molecule has 1 aromatic rings. The van der Waals surface area contributed by atoms with Crippen LogP contribution in [-0.2, 0) is 0 Å². The minimum absolute atomic E-state index is 0.448. The Kier molecular flexibility index (Phi) is 5.73. The van der Waals surface area contributed by atoms with E-state index in [2.05, 4.69) is 41.2 Å². The number of hydrogen-bond acceptors (Lipinski definition) is 1.